The third-order valence-electron chi connectivity index (χ3n) is 4.94. The van der Waals surface area contributed by atoms with E-state index < -0.39 is 0 Å². The lowest BCUT2D eigenvalue weighted by molar-refractivity contribution is 0.250. The van der Waals surface area contributed by atoms with Crippen LogP contribution in [-0.4, -0.2) is 43.2 Å². The van der Waals surface area contributed by atoms with Crippen molar-refractivity contribution >= 4 is 16.5 Å². The first kappa shape index (κ1) is 15.9. The number of hydrogen-bond acceptors (Lipinski definition) is 4. The molecule has 0 N–H and O–H groups in total. The highest BCUT2D eigenvalue weighted by Gasteiger charge is 2.19. The standard InChI is InChI=1S/C21H23N3O/c1-25-21-8-7-20(18-9-10-22-15-19(18)21)24-13-11-23(12-14-24)16-17-5-3-2-4-6-17/h2-10,15H,11-14,16H2,1H3. The first-order chi connectivity index (χ1) is 12.3. The molecule has 1 aromatic heterocycles. The molecule has 4 heteroatoms. The summed E-state index contributed by atoms with van der Waals surface area (Å²) in [5.74, 6) is 0.884. The summed E-state index contributed by atoms with van der Waals surface area (Å²) in [6.07, 6.45) is 3.75. The van der Waals surface area contributed by atoms with Gasteiger partial charge in [0.25, 0.3) is 0 Å². The van der Waals surface area contributed by atoms with Crippen LogP contribution in [0.3, 0.4) is 0 Å². The normalized spacial score (nSPS) is 15.5. The summed E-state index contributed by atoms with van der Waals surface area (Å²) in [6.45, 7) is 5.26. The molecule has 0 bridgehead atoms. The zero-order valence-electron chi connectivity index (χ0n) is 14.6. The van der Waals surface area contributed by atoms with E-state index in [0.29, 0.717) is 0 Å². The summed E-state index contributed by atoms with van der Waals surface area (Å²) in [5.41, 5.74) is 2.66. The number of fused-ring (bicyclic) bond motifs is 1. The number of ether oxygens (including phenoxy) is 1. The minimum Gasteiger partial charge on any atom is -0.496 e. The average molecular weight is 333 g/mol. The Morgan fingerprint density at radius 1 is 0.920 bits per heavy atom. The summed E-state index contributed by atoms with van der Waals surface area (Å²) >= 11 is 0. The molecule has 0 radical (unpaired) electrons. The topological polar surface area (TPSA) is 28.6 Å². The Bertz CT molecular complexity index is 842. The van der Waals surface area contributed by atoms with Crippen LogP contribution >= 0.6 is 0 Å². The van der Waals surface area contributed by atoms with Gasteiger partial charge in [-0.25, -0.2) is 0 Å². The number of anilines is 1. The number of aromatic nitrogens is 1. The molecule has 0 atom stereocenters. The first-order valence-corrected chi connectivity index (χ1v) is 8.77. The lowest BCUT2D eigenvalue weighted by atomic mass is 10.1. The van der Waals surface area contributed by atoms with Crippen molar-refractivity contribution < 1.29 is 4.74 Å². The van der Waals surface area contributed by atoms with E-state index in [1.54, 1.807) is 7.11 Å². The highest BCUT2D eigenvalue weighted by Crippen LogP contribution is 2.33. The largest absolute Gasteiger partial charge is 0.496 e. The number of hydrogen-bond donors (Lipinski definition) is 0. The maximum absolute atomic E-state index is 5.49. The second-order valence-electron chi connectivity index (χ2n) is 6.46. The highest BCUT2D eigenvalue weighted by atomic mass is 16.5. The Kier molecular flexibility index (Phi) is 4.53. The van der Waals surface area contributed by atoms with Crippen molar-refractivity contribution in [1.82, 2.24) is 9.88 Å². The third-order valence-corrected chi connectivity index (χ3v) is 4.94. The zero-order valence-corrected chi connectivity index (χ0v) is 14.6. The van der Waals surface area contributed by atoms with Crippen LogP contribution in [0.25, 0.3) is 10.8 Å². The highest BCUT2D eigenvalue weighted by molar-refractivity contribution is 5.97. The van der Waals surface area contributed by atoms with Crippen molar-refractivity contribution in [2.45, 2.75) is 6.54 Å². The van der Waals surface area contributed by atoms with Gasteiger partial charge in [-0.1, -0.05) is 30.3 Å². The summed E-state index contributed by atoms with van der Waals surface area (Å²) in [5, 5.41) is 2.29. The van der Waals surface area contributed by atoms with Crippen molar-refractivity contribution in [3.05, 3.63) is 66.5 Å². The molecule has 0 amide bonds. The van der Waals surface area contributed by atoms with Crippen LogP contribution < -0.4 is 9.64 Å². The molecule has 25 heavy (non-hydrogen) atoms. The molecule has 0 aliphatic carbocycles. The molecular formula is C21H23N3O. The molecule has 2 heterocycles. The average Bonchev–Trinajstić information content (AvgIpc) is 2.69. The van der Waals surface area contributed by atoms with Crippen molar-refractivity contribution in [2.75, 3.05) is 38.2 Å². The minimum atomic E-state index is 0.884. The maximum atomic E-state index is 5.49. The quantitative estimate of drug-likeness (QED) is 0.730. The predicted octanol–water partition coefficient (Wildman–Crippen LogP) is 3.57. The molecule has 3 aromatic rings. The number of benzene rings is 2. The molecule has 1 aliphatic heterocycles. The van der Waals surface area contributed by atoms with Gasteiger partial charge >= 0.3 is 0 Å². The molecule has 1 fully saturated rings. The molecule has 1 saturated heterocycles. The number of methoxy groups -OCH3 is 1. The fourth-order valence-corrected chi connectivity index (χ4v) is 3.59. The van der Waals surface area contributed by atoms with E-state index in [-0.39, 0.29) is 0 Å². The molecule has 0 spiro atoms. The lowest BCUT2D eigenvalue weighted by Gasteiger charge is -2.36. The first-order valence-electron chi connectivity index (χ1n) is 8.77. The number of rotatable bonds is 4. The summed E-state index contributed by atoms with van der Waals surface area (Å²) in [6, 6.07) is 17.0. The Hall–Kier alpha value is -2.59. The van der Waals surface area contributed by atoms with Crippen molar-refractivity contribution in [2.24, 2.45) is 0 Å². The van der Waals surface area contributed by atoms with Gasteiger partial charge < -0.3 is 9.64 Å². The SMILES string of the molecule is COc1ccc(N2CCN(Cc3ccccc3)CC2)c2ccncc12. The Balaban J connectivity index is 1.50. The molecule has 0 saturated carbocycles. The van der Waals surface area contributed by atoms with E-state index in [4.69, 9.17) is 4.74 Å². The molecule has 1 aliphatic rings. The number of nitrogens with zero attached hydrogens (tertiary/aromatic N) is 3. The van der Waals surface area contributed by atoms with Gasteiger partial charge in [-0.2, -0.15) is 0 Å². The van der Waals surface area contributed by atoms with Crippen LogP contribution in [0.1, 0.15) is 5.56 Å². The van der Waals surface area contributed by atoms with Gasteiger partial charge in [0.2, 0.25) is 0 Å². The van der Waals surface area contributed by atoms with Crippen molar-refractivity contribution in [3.63, 3.8) is 0 Å². The molecule has 2 aromatic carbocycles. The van der Waals surface area contributed by atoms with Gasteiger partial charge in [0.1, 0.15) is 5.75 Å². The molecule has 128 valence electrons. The molecule has 4 rings (SSSR count). The van der Waals surface area contributed by atoms with E-state index in [2.05, 4.69) is 63.3 Å². The second-order valence-corrected chi connectivity index (χ2v) is 6.46. The molecule has 0 unspecified atom stereocenters. The Labute approximate surface area is 148 Å². The van der Waals surface area contributed by atoms with Crippen LogP contribution in [0.15, 0.2) is 60.9 Å². The summed E-state index contributed by atoms with van der Waals surface area (Å²) in [4.78, 5) is 9.26. The van der Waals surface area contributed by atoms with Crippen LogP contribution in [0.2, 0.25) is 0 Å². The smallest absolute Gasteiger partial charge is 0.128 e. The Morgan fingerprint density at radius 2 is 1.72 bits per heavy atom. The zero-order chi connectivity index (χ0) is 17.1. The van der Waals surface area contributed by atoms with Gasteiger partial charge in [0.15, 0.2) is 0 Å². The van der Waals surface area contributed by atoms with Gasteiger partial charge in [0.05, 0.1) is 7.11 Å². The number of piperazine rings is 1. The summed E-state index contributed by atoms with van der Waals surface area (Å²) in [7, 11) is 1.71. The molecular weight excluding hydrogens is 310 g/mol. The third kappa shape index (κ3) is 3.30. The van der Waals surface area contributed by atoms with Gasteiger partial charge in [-0.05, 0) is 23.8 Å². The van der Waals surface area contributed by atoms with Crippen molar-refractivity contribution in [3.8, 4) is 5.75 Å². The van der Waals surface area contributed by atoms with E-state index >= 15 is 0 Å². The van der Waals surface area contributed by atoms with Crippen molar-refractivity contribution in [1.29, 1.82) is 0 Å². The van der Waals surface area contributed by atoms with Gasteiger partial charge in [-0.15, -0.1) is 0 Å². The fraction of sp³-hybridized carbons (Fsp3) is 0.286. The monoisotopic (exact) mass is 333 g/mol. The minimum absolute atomic E-state index is 0.884. The maximum Gasteiger partial charge on any atom is 0.128 e. The van der Waals surface area contributed by atoms with Gasteiger partial charge in [-0.3, -0.25) is 9.88 Å². The van der Waals surface area contributed by atoms with E-state index in [1.807, 2.05) is 12.4 Å². The lowest BCUT2D eigenvalue weighted by Crippen LogP contribution is -2.46. The van der Waals surface area contributed by atoms with E-state index in [1.165, 1.54) is 16.6 Å². The number of pyridine rings is 1. The molecule has 4 nitrogen and oxygen atoms in total. The second kappa shape index (κ2) is 7.11. The Morgan fingerprint density at radius 3 is 2.48 bits per heavy atom. The van der Waals surface area contributed by atoms with E-state index in [9.17, 15) is 0 Å². The van der Waals surface area contributed by atoms with Crippen LogP contribution in [0, 0.1) is 0 Å². The van der Waals surface area contributed by atoms with Crippen LogP contribution in [-0.2, 0) is 6.54 Å². The van der Waals surface area contributed by atoms with E-state index in [0.717, 1.165) is 43.9 Å². The van der Waals surface area contributed by atoms with Crippen LogP contribution in [0.5, 0.6) is 5.75 Å². The predicted molar refractivity (Wildman–Crippen MR) is 102 cm³/mol. The van der Waals surface area contributed by atoms with Gasteiger partial charge in [0, 0.05) is 61.6 Å². The fourth-order valence-electron chi connectivity index (χ4n) is 3.59. The van der Waals surface area contributed by atoms with Crippen LogP contribution in [0.4, 0.5) is 5.69 Å². The summed E-state index contributed by atoms with van der Waals surface area (Å²) < 4.78 is 5.49.